The van der Waals surface area contributed by atoms with Gasteiger partial charge in [-0.05, 0) is 6.92 Å². The Kier molecular flexibility index (Phi) is 6.68. The van der Waals surface area contributed by atoms with Crippen molar-refractivity contribution < 1.29 is 13.2 Å². The fourth-order valence-corrected chi connectivity index (χ4v) is 2.97. The van der Waals surface area contributed by atoms with Crippen LogP contribution in [0.5, 0.6) is 0 Å². The monoisotopic (exact) mass is 290 g/mol. The van der Waals surface area contributed by atoms with Gasteiger partial charge in [0, 0.05) is 45.7 Å². The van der Waals surface area contributed by atoms with Gasteiger partial charge in [-0.2, -0.15) is 22.7 Å². The minimum atomic E-state index is -3.51. The van der Waals surface area contributed by atoms with E-state index in [0.717, 1.165) is 13.1 Å². The maximum Gasteiger partial charge on any atom is 0.279 e. The van der Waals surface area contributed by atoms with Gasteiger partial charge in [-0.3, -0.25) is 4.90 Å². The second kappa shape index (κ2) is 7.77. The SMILES string of the molecule is CC(CN1CCOCC1)NS(=O)(=O)N(C)CCC#N. The lowest BCUT2D eigenvalue weighted by atomic mass is 10.3. The van der Waals surface area contributed by atoms with Crippen molar-refractivity contribution in [3.05, 3.63) is 0 Å². The van der Waals surface area contributed by atoms with Crippen molar-refractivity contribution in [2.45, 2.75) is 19.4 Å². The molecule has 0 bridgehead atoms. The molecule has 0 aromatic heterocycles. The van der Waals surface area contributed by atoms with E-state index < -0.39 is 10.2 Å². The van der Waals surface area contributed by atoms with Crippen molar-refractivity contribution >= 4 is 10.2 Å². The predicted octanol–water partition coefficient (Wildman–Crippen LogP) is -0.613. The summed E-state index contributed by atoms with van der Waals surface area (Å²) in [5.41, 5.74) is 0. The molecule has 0 aromatic rings. The van der Waals surface area contributed by atoms with Crippen LogP contribution < -0.4 is 4.72 Å². The molecule has 0 saturated carbocycles. The summed E-state index contributed by atoms with van der Waals surface area (Å²) >= 11 is 0. The molecule has 0 aromatic carbocycles. The van der Waals surface area contributed by atoms with Crippen molar-refractivity contribution in [3.8, 4) is 6.07 Å². The van der Waals surface area contributed by atoms with Crippen LogP contribution in [-0.4, -0.2) is 70.1 Å². The minimum absolute atomic E-state index is 0.173. The van der Waals surface area contributed by atoms with E-state index in [4.69, 9.17) is 10.00 Å². The first-order chi connectivity index (χ1) is 8.95. The van der Waals surface area contributed by atoms with Crippen molar-refractivity contribution in [2.24, 2.45) is 0 Å². The Morgan fingerprint density at radius 1 is 1.47 bits per heavy atom. The normalized spacial score (nSPS) is 19.3. The Labute approximate surface area is 115 Å². The van der Waals surface area contributed by atoms with Crippen LogP contribution in [0.2, 0.25) is 0 Å². The highest BCUT2D eigenvalue weighted by molar-refractivity contribution is 7.87. The fourth-order valence-electron chi connectivity index (χ4n) is 1.88. The topological polar surface area (TPSA) is 85.7 Å². The Hall–Kier alpha value is -0.720. The van der Waals surface area contributed by atoms with Gasteiger partial charge in [0.05, 0.1) is 19.3 Å². The summed E-state index contributed by atoms with van der Waals surface area (Å²) in [6.07, 6.45) is 0.190. The third kappa shape index (κ3) is 5.84. The minimum Gasteiger partial charge on any atom is -0.379 e. The number of rotatable bonds is 7. The third-order valence-corrected chi connectivity index (χ3v) is 4.64. The van der Waals surface area contributed by atoms with E-state index in [0.29, 0.717) is 19.8 Å². The van der Waals surface area contributed by atoms with Crippen LogP contribution in [0.25, 0.3) is 0 Å². The molecule has 1 unspecified atom stereocenters. The number of hydrogen-bond acceptors (Lipinski definition) is 5. The van der Waals surface area contributed by atoms with Gasteiger partial charge in [-0.1, -0.05) is 0 Å². The summed E-state index contributed by atoms with van der Waals surface area (Å²) in [4.78, 5) is 2.17. The Balaban J connectivity index is 2.41. The standard InChI is InChI=1S/C11H22N4O3S/c1-11(10-15-6-8-18-9-7-15)13-19(16,17)14(2)5-3-4-12/h11,13H,3,5-10H2,1-2H3. The highest BCUT2D eigenvalue weighted by atomic mass is 32.2. The first kappa shape index (κ1) is 16.3. The smallest absolute Gasteiger partial charge is 0.279 e. The average molecular weight is 290 g/mol. The summed E-state index contributed by atoms with van der Waals surface area (Å²) in [5.74, 6) is 0. The van der Waals surface area contributed by atoms with Crippen LogP contribution >= 0.6 is 0 Å². The van der Waals surface area contributed by atoms with Crippen molar-refractivity contribution in [3.63, 3.8) is 0 Å². The third-order valence-electron chi connectivity index (χ3n) is 2.93. The van der Waals surface area contributed by atoms with E-state index in [9.17, 15) is 8.42 Å². The van der Waals surface area contributed by atoms with Crippen molar-refractivity contribution in [1.82, 2.24) is 13.9 Å². The summed E-state index contributed by atoms with van der Waals surface area (Å²) < 4.78 is 32.9. The van der Waals surface area contributed by atoms with Crippen LogP contribution in [-0.2, 0) is 14.9 Å². The molecule has 1 aliphatic heterocycles. The molecule has 7 nitrogen and oxygen atoms in total. The summed E-state index contributed by atoms with van der Waals surface area (Å²) in [5, 5.41) is 8.47. The van der Waals surface area contributed by atoms with E-state index in [1.54, 1.807) is 0 Å². The molecule has 8 heteroatoms. The van der Waals surface area contributed by atoms with E-state index in [2.05, 4.69) is 9.62 Å². The van der Waals surface area contributed by atoms with Gasteiger partial charge in [0.15, 0.2) is 0 Å². The predicted molar refractivity (Wildman–Crippen MR) is 71.6 cm³/mol. The summed E-state index contributed by atoms with van der Waals surface area (Å²) in [6, 6.07) is 1.76. The number of nitrogens with zero attached hydrogens (tertiary/aromatic N) is 3. The fraction of sp³-hybridized carbons (Fsp3) is 0.909. The van der Waals surface area contributed by atoms with E-state index in [-0.39, 0.29) is 19.0 Å². The average Bonchev–Trinajstić information content (AvgIpc) is 2.36. The van der Waals surface area contributed by atoms with Gasteiger partial charge in [0.1, 0.15) is 0 Å². The number of nitriles is 1. The highest BCUT2D eigenvalue weighted by Gasteiger charge is 2.21. The van der Waals surface area contributed by atoms with Crippen LogP contribution in [0, 0.1) is 11.3 Å². The van der Waals surface area contributed by atoms with Crippen LogP contribution in [0.4, 0.5) is 0 Å². The molecule has 19 heavy (non-hydrogen) atoms. The second-order valence-corrected chi connectivity index (χ2v) is 6.48. The van der Waals surface area contributed by atoms with E-state index >= 15 is 0 Å². The molecule has 1 saturated heterocycles. The molecular weight excluding hydrogens is 268 g/mol. The molecule has 110 valence electrons. The van der Waals surface area contributed by atoms with Gasteiger partial charge < -0.3 is 4.74 Å². The largest absolute Gasteiger partial charge is 0.379 e. The molecule has 1 rings (SSSR count). The Bertz CT molecular complexity index is 401. The first-order valence-electron chi connectivity index (χ1n) is 6.36. The zero-order valence-corrected chi connectivity index (χ0v) is 12.3. The second-order valence-electron chi connectivity index (χ2n) is 4.67. The molecule has 1 fully saturated rings. The number of ether oxygens (including phenoxy) is 1. The molecular formula is C11H22N4O3S. The lowest BCUT2D eigenvalue weighted by molar-refractivity contribution is 0.0353. The van der Waals surface area contributed by atoms with Crippen LogP contribution in [0.1, 0.15) is 13.3 Å². The van der Waals surface area contributed by atoms with E-state index in [1.165, 1.54) is 11.4 Å². The lowest BCUT2D eigenvalue weighted by Crippen LogP contribution is -2.49. The van der Waals surface area contributed by atoms with Gasteiger partial charge in [-0.25, -0.2) is 0 Å². The molecule has 1 N–H and O–H groups in total. The zero-order valence-electron chi connectivity index (χ0n) is 11.5. The van der Waals surface area contributed by atoms with Crippen molar-refractivity contribution in [1.29, 1.82) is 5.26 Å². The van der Waals surface area contributed by atoms with Crippen LogP contribution in [0.15, 0.2) is 0 Å². The molecule has 0 amide bonds. The van der Waals surface area contributed by atoms with Gasteiger partial charge in [-0.15, -0.1) is 0 Å². The molecule has 0 aliphatic carbocycles. The molecule has 1 aliphatic rings. The van der Waals surface area contributed by atoms with Gasteiger partial charge in [0.25, 0.3) is 10.2 Å². The maximum absolute atomic E-state index is 12.0. The number of nitrogens with one attached hydrogen (secondary N) is 1. The number of morpholine rings is 1. The first-order valence-corrected chi connectivity index (χ1v) is 7.80. The maximum atomic E-state index is 12.0. The summed E-state index contributed by atoms with van der Waals surface area (Å²) in [6.45, 7) is 5.76. The van der Waals surface area contributed by atoms with Crippen molar-refractivity contribution in [2.75, 3.05) is 46.4 Å². The van der Waals surface area contributed by atoms with Gasteiger partial charge in [0.2, 0.25) is 0 Å². The highest BCUT2D eigenvalue weighted by Crippen LogP contribution is 2.02. The lowest BCUT2D eigenvalue weighted by Gasteiger charge is -2.30. The molecule has 0 radical (unpaired) electrons. The molecule has 0 spiro atoms. The molecule has 1 atom stereocenters. The van der Waals surface area contributed by atoms with Gasteiger partial charge >= 0.3 is 0 Å². The van der Waals surface area contributed by atoms with E-state index in [1.807, 2.05) is 13.0 Å². The summed E-state index contributed by atoms with van der Waals surface area (Å²) in [7, 11) is -2.03. The quantitative estimate of drug-likeness (QED) is 0.676. The number of hydrogen-bond donors (Lipinski definition) is 1. The zero-order chi connectivity index (χ0) is 14.3. The Morgan fingerprint density at radius 2 is 2.11 bits per heavy atom. The van der Waals surface area contributed by atoms with Crippen LogP contribution in [0.3, 0.4) is 0 Å². The Morgan fingerprint density at radius 3 is 2.68 bits per heavy atom. The molecule has 1 heterocycles.